The van der Waals surface area contributed by atoms with Gasteiger partial charge in [0.05, 0.1) is 5.02 Å². The number of amides is 1. The van der Waals surface area contributed by atoms with E-state index < -0.39 is 10.0 Å². The second-order valence-corrected chi connectivity index (χ2v) is 9.11. The van der Waals surface area contributed by atoms with Crippen LogP contribution in [0.1, 0.15) is 10.6 Å². The van der Waals surface area contributed by atoms with E-state index in [1.165, 1.54) is 28.6 Å². The number of halogens is 2. The highest BCUT2D eigenvalue weighted by molar-refractivity contribution is 7.89. The number of benzene rings is 2. The molecule has 1 aliphatic heterocycles. The summed E-state index contributed by atoms with van der Waals surface area (Å²) in [5.74, 6) is -0.0700. The molecule has 0 radical (unpaired) electrons. The van der Waals surface area contributed by atoms with Crippen LogP contribution in [0.4, 0.5) is 4.39 Å². The molecule has 1 amide bonds. The van der Waals surface area contributed by atoms with Crippen molar-refractivity contribution in [2.75, 3.05) is 26.2 Å². The van der Waals surface area contributed by atoms with Crippen LogP contribution in [0.25, 0.3) is 11.3 Å². The van der Waals surface area contributed by atoms with Crippen molar-refractivity contribution in [3.05, 3.63) is 77.3 Å². The summed E-state index contributed by atoms with van der Waals surface area (Å²) in [5.41, 5.74) is 0.658. The van der Waals surface area contributed by atoms with E-state index in [9.17, 15) is 17.6 Å². The monoisotopic (exact) mass is 448 g/mol. The quantitative estimate of drug-likeness (QED) is 0.607. The third-order valence-corrected chi connectivity index (χ3v) is 7.32. The molecule has 3 aromatic rings. The van der Waals surface area contributed by atoms with Gasteiger partial charge >= 0.3 is 0 Å². The fraction of sp³-hybridized carbons (Fsp3) is 0.190. The Labute approximate surface area is 178 Å². The van der Waals surface area contributed by atoms with E-state index >= 15 is 0 Å². The van der Waals surface area contributed by atoms with Crippen LogP contribution in [0.3, 0.4) is 0 Å². The molecule has 6 nitrogen and oxygen atoms in total. The fourth-order valence-corrected chi connectivity index (χ4v) is 5.22. The first-order chi connectivity index (χ1) is 14.4. The molecule has 1 fully saturated rings. The Bertz CT molecular complexity index is 1170. The summed E-state index contributed by atoms with van der Waals surface area (Å²) in [5, 5.41) is 0.167. The molecule has 30 heavy (non-hydrogen) atoms. The number of carbonyl (C=O) groups excluding carboxylic acids is 1. The molecule has 1 aromatic heterocycles. The molecule has 0 saturated carbocycles. The maximum absolute atomic E-state index is 13.1. The van der Waals surface area contributed by atoms with Crippen molar-refractivity contribution in [2.45, 2.75) is 4.90 Å². The molecule has 2 aromatic carbocycles. The number of piperazine rings is 1. The van der Waals surface area contributed by atoms with Gasteiger partial charge in [0.1, 0.15) is 16.5 Å². The van der Waals surface area contributed by atoms with Gasteiger partial charge in [-0.05, 0) is 48.5 Å². The number of sulfonamides is 1. The topological polar surface area (TPSA) is 70.8 Å². The van der Waals surface area contributed by atoms with Crippen LogP contribution < -0.4 is 0 Å². The fourth-order valence-electron chi connectivity index (χ4n) is 3.30. The number of furan rings is 1. The van der Waals surface area contributed by atoms with Gasteiger partial charge in [-0.25, -0.2) is 12.8 Å². The second kappa shape index (κ2) is 8.22. The summed E-state index contributed by atoms with van der Waals surface area (Å²) in [6, 6.07) is 15.3. The summed E-state index contributed by atoms with van der Waals surface area (Å²) in [6.07, 6.45) is 0. The maximum atomic E-state index is 13.1. The zero-order valence-corrected chi connectivity index (χ0v) is 17.4. The van der Waals surface area contributed by atoms with Crippen molar-refractivity contribution in [3.8, 4) is 11.3 Å². The van der Waals surface area contributed by atoms with Gasteiger partial charge in [-0.15, -0.1) is 0 Å². The lowest BCUT2D eigenvalue weighted by atomic mass is 10.2. The van der Waals surface area contributed by atoms with Gasteiger partial charge < -0.3 is 9.32 Å². The number of rotatable bonds is 4. The van der Waals surface area contributed by atoms with Crippen LogP contribution in [0, 0.1) is 5.82 Å². The van der Waals surface area contributed by atoms with Crippen LogP contribution in [0.5, 0.6) is 0 Å². The van der Waals surface area contributed by atoms with Crippen LogP contribution in [0.15, 0.2) is 70.0 Å². The van der Waals surface area contributed by atoms with Crippen molar-refractivity contribution >= 4 is 27.5 Å². The SMILES string of the molecule is O=C(c1ccc(-c2ccc(F)cc2)o1)N1CCN(S(=O)(=O)c2ccccc2Cl)CC1. The lowest BCUT2D eigenvalue weighted by Crippen LogP contribution is -2.50. The minimum atomic E-state index is -3.73. The lowest BCUT2D eigenvalue weighted by molar-refractivity contribution is 0.0667. The maximum Gasteiger partial charge on any atom is 0.289 e. The molecule has 1 saturated heterocycles. The average molecular weight is 449 g/mol. The Morgan fingerprint density at radius 3 is 2.27 bits per heavy atom. The zero-order chi connectivity index (χ0) is 21.3. The highest BCUT2D eigenvalue weighted by atomic mass is 35.5. The van der Waals surface area contributed by atoms with Crippen molar-refractivity contribution in [3.63, 3.8) is 0 Å². The highest BCUT2D eigenvalue weighted by Crippen LogP contribution is 2.26. The summed E-state index contributed by atoms with van der Waals surface area (Å²) in [6.45, 7) is 0.778. The standard InChI is InChI=1S/C21H18ClFN2O4S/c22-17-3-1-2-4-20(17)30(27,28)25-13-11-24(12-14-25)21(26)19-10-9-18(29-19)15-5-7-16(23)8-6-15/h1-10H,11-14H2. The van der Waals surface area contributed by atoms with E-state index in [4.69, 9.17) is 16.0 Å². The molecule has 0 N–H and O–H groups in total. The third-order valence-electron chi connectivity index (χ3n) is 4.93. The van der Waals surface area contributed by atoms with Crippen LogP contribution >= 0.6 is 11.6 Å². The Hall–Kier alpha value is -2.68. The molecule has 0 unspecified atom stereocenters. The summed E-state index contributed by atoms with van der Waals surface area (Å²) >= 11 is 6.05. The first-order valence-corrected chi connectivity index (χ1v) is 11.1. The smallest absolute Gasteiger partial charge is 0.289 e. The highest BCUT2D eigenvalue weighted by Gasteiger charge is 2.32. The van der Waals surface area contributed by atoms with Gasteiger partial charge in [-0.2, -0.15) is 4.31 Å². The first kappa shape index (κ1) is 20.6. The summed E-state index contributed by atoms with van der Waals surface area (Å²) in [7, 11) is -3.73. The van der Waals surface area contributed by atoms with E-state index in [0.717, 1.165) is 0 Å². The Balaban J connectivity index is 1.44. The predicted octanol–water partition coefficient (Wildman–Crippen LogP) is 3.89. The molecule has 0 atom stereocenters. The minimum absolute atomic E-state index is 0.0569. The second-order valence-electron chi connectivity index (χ2n) is 6.80. The molecule has 4 rings (SSSR count). The molecule has 0 bridgehead atoms. The van der Waals surface area contributed by atoms with E-state index in [1.54, 1.807) is 41.3 Å². The number of hydrogen-bond donors (Lipinski definition) is 0. The van der Waals surface area contributed by atoms with Crippen molar-refractivity contribution in [1.29, 1.82) is 0 Å². The van der Waals surface area contributed by atoms with Crippen LogP contribution in [-0.2, 0) is 10.0 Å². The molecular formula is C21H18ClFN2O4S. The molecule has 156 valence electrons. The predicted molar refractivity (Wildman–Crippen MR) is 110 cm³/mol. The Kier molecular flexibility index (Phi) is 5.64. The number of carbonyl (C=O) groups is 1. The van der Waals surface area contributed by atoms with Gasteiger partial charge in [0.2, 0.25) is 10.0 Å². The Morgan fingerprint density at radius 1 is 0.933 bits per heavy atom. The van der Waals surface area contributed by atoms with E-state index in [0.29, 0.717) is 11.3 Å². The van der Waals surface area contributed by atoms with Gasteiger partial charge in [-0.1, -0.05) is 23.7 Å². The van der Waals surface area contributed by atoms with Crippen LogP contribution in [-0.4, -0.2) is 49.7 Å². The normalized spacial score (nSPS) is 15.3. The summed E-state index contributed by atoms with van der Waals surface area (Å²) < 4.78 is 45.7. The molecule has 0 spiro atoms. The molecule has 1 aliphatic rings. The molecule has 9 heteroatoms. The number of hydrogen-bond acceptors (Lipinski definition) is 4. The van der Waals surface area contributed by atoms with Crippen molar-refractivity contribution in [1.82, 2.24) is 9.21 Å². The van der Waals surface area contributed by atoms with E-state index in [-0.39, 0.29) is 53.6 Å². The largest absolute Gasteiger partial charge is 0.451 e. The van der Waals surface area contributed by atoms with Crippen molar-refractivity contribution < 1.29 is 22.0 Å². The molecule has 2 heterocycles. The molecular weight excluding hydrogens is 431 g/mol. The average Bonchev–Trinajstić information content (AvgIpc) is 3.24. The minimum Gasteiger partial charge on any atom is -0.451 e. The molecule has 0 aliphatic carbocycles. The zero-order valence-electron chi connectivity index (χ0n) is 15.8. The number of nitrogens with zero attached hydrogens (tertiary/aromatic N) is 2. The lowest BCUT2D eigenvalue weighted by Gasteiger charge is -2.33. The third kappa shape index (κ3) is 3.98. The Morgan fingerprint density at radius 2 is 1.60 bits per heavy atom. The van der Waals surface area contributed by atoms with Crippen LogP contribution in [0.2, 0.25) is 5.02 Å². The van der Waals surface area contributed by atoms with E-state index in [2.05, 4.69) is 0 Å². The van der Waals surface area contributed by atoms with E-state index in [1.807, 2.05) is 0 Å². The van der Waals surface area contributed by atoms with Crippen molar-refractivity contribution in [2.24, 2.45) is 0 Å². The first-order valence-electron chi connectivity index (χ1n) is 9.26. The van der Waals surface area contributed by atoms with Gasteiger partial charge in [0.15, 0.2) is 5.76 Å². The summed E-state index contributed by atoms with van der Waals surface area (Å²) in [4.78, 5) is 14.4. The van der Waals surface area contributed by atoms with Gasteiger partial charge in [0.25, 0.3) is 5.91 Å². The van der Waals surface area contributed by atoms with Gasteiger partial charge in [-0.3, -0.25) is 4.79 Å². The van der Waals surface area contributed by atoms with Gasteiger partial charge in [0, 0.05) is 31.7 Å².